The molecule has 3 aromatic rings. The minimum absolute atomic E-state index is 0.0397. The van der Waals surface area contributed by atoms with Crippen LogP contribution < -0.4 is 4.74 Å². The topological polar surface area (TPSA) is 46.6 Å². The minimum Gasteiger partial charge on any atom is -0.489 e. The van der Waals surface area contributed by atoms with Crippen molar-refractivity contribution in [2.24, 2.45) is 0 Å². The van der Waals surface area contributed by atoms with Gasteiger partial charge in [-0.05, 0) is 70.9 Å². The highest BCUT2D eigenvalue weighted by Crippen LogP contribution is 2.34. The average molecular weight is 472 g/mol. The molecule has 2 amide bonds. The second-order valence-corrected chi connectivity index (χ2v) is 8.39. The van der Waals surface area contributed by atoms with Crippen LogP contribution in [0, 0.1) is 11.6 Å². The number of rotatable bonds is 6. The number of amides is 2. The van der Waals surface area contributed by atoms with E-state index in [1.54, 1.807) is 42.5 Å². The SMILES string of the molecule is O=C1S/C(=C\c2cccc(OCc3ccc(F)cc3)c2)C(=O)N1Cc1ccc(F)cc1Cl. The molecule has 1 aliphatic heterocycles. The Kier molecular flexibility index (Phi) is 6.58. The lowest BCUT2D eigenvalue weighted by Gasteiger charge is -2.13. The standard InChI is InChI=1S/C24H16ClF2NO3S/c25-21-12-19(27)9-6-17(21)13-28-23(29)22(32-24(28)30)11-16-2-1-3-20(10-16)31-14-15-4-7-18(26)8-5-15/h1-12H,13-14H2/b22-11-. The van der Waals surface area contributed by atoms with Gasteiger partial charge in [0, 0.05) is 5.02 Å². The Morgan fingerprint density at radius 2 is 1.72 bits per heavy atom. The Bertz CT molecular complexity index is 1210. The molecule has 0 radical (unpaired) electrons. The molecule has 0 unspecified atom stereocenters. The number of imide groups is 1. The van der Waals surface area contributed by atoms with Crippen LogP contribution in [-0.2, 0) is 17.9 Å². The maximum absolute atomic E-state index is 13.2. The van der Waals surface area contributed by atoms with Crippen molar-refractivity contribution in [1.29, 1.82) is 0 Å². The lowest BCUT2D eigenvalue weighted by atomic mass is 10.2. The molecule has 3 aromatic carbocycles. The second-order valence-electron chi connectivity index (χ2n) is 6.99. The fraction of sp³-hybridized carbons (Fsp3) is 0.0833. The summed E-state index contributed by atoms with van der Waals surface area (Å²) in [4.78, 5) is 26.5. The van der Waals surface area contributed by atoms with Gasteiger partial charge in [-0.15, -0.1) is 0 Å². The van der Waals surface area contributed by atoms with Crippen LogP contribution in [0.2, 0.25) is 5.02 Å². The van der Waals surface area contributed by atoms with Crippen LogP contribution in [0.5, 0.6) is 5.75 Å². The van der Waals surface area contributed by atoms with Gasteiger partial charge in [0.05, 0.1) is 11.4 Å². The zero-order valence-electron chi connectivity index (χ0n) is 16.6. The van der Waals surface area contributed by atoms with Crippen LogP contribution in [0.1, 0.15) is 16.7 Å². The van der Waals surface area contributed by atoms with E-state index in [0.29, 0.717) is 16.9 Å². The number of halogens is 3. The van der Waals surface area contributed by atoms with Crippen molar-refractivity contribution in [3.05, 3.63) is 105 Å². The Labute approximate surface area is 192 Å². The maximum atomic E-state index is 13.2. The van der Waals surface area contributed by atoms with E-state index in [1.807, 2.05) is 0 Å². The minimum atomic E-state index is -0.491. The predicted molar refractivity (Wildman–Crippen MR) is 120 cm³/mol. The van der Waals surface area contributed by atoms with Crippen LogP contribution >= 0.6 is 23.4 Å². The van der Waals surface area contributed by atoms with Crippen LogP contribution in [0.25, 0.3) is 6.08 Å². The van der Waals surface area contributed by atoms with Crippen molar-refractivity contribution in [3.63, 3.8) is 0 Å². The first kappa shape index (κ1) is 22.0. The van der Waals surface area contributed by atoms with E-state index in [0.717, 1.165) is 28.3 Å². The summed E-state index contributed by atoms with van der Waals surface area (Å²) in [6, 6.07) is 16.9. The van der Waals surface area contributed by atoms with Gasteiger partial charge in [0.15, 0.2) is 0 Å². The molecule has 4 nitrogen and oxygen atoms in total. The Morgan fingerprint density at radius 3 is 2.47 bits per heavy atom. The fourth-order valence-electron chi connectivity index (χ4n) is 3.05. The molecule has 1 saturated heterocycles. The molecule has 0 aromatic heterocycles. The van der Waals surface area contributed by atoms with Crippen molar-refractivity contribution in [3.8, 4) is 5.75 Å². The summed E-state index contributed by atoms with van der Waals surface area (Å²) in [5, 5.41) is -0.274. The van der Waals surface area contributed by atoms with E-state index in [4.69, 9.17) is 16.3 Å². The van der Waals surface area contributed by atoms with Crippen molar-refractivity contribution in [1.82, 2.24) is 4.90 Å². The number of nitrogens with zero attached hydrogens (tertiary/aromatic N) is 1. The highest BCUT2D eigenvalue weighted by Gasteiger charge is 2.35. The summed E-state index contributed by atoms with van der Waals surface area (Å²) in [5.74, 6) is -0.681. The van der Waals surface area contributed by atoms with E-state index in [9.17, 15) is 18.4 Å². The summed E-state index contributed by atoms with van der Waals surface area (Å²) < 4.78 is 32.0. The Balaban J connectivity index is 1.46. The van der Waals surface area contributed by atoms with Crippen molar-refractivity contribution in [2.45, 2.75) is 13.2 Å². The lowest BCUT2D eigenvalue weighted by molar-refractivity contribution is -0.123. The highest BCUT2D eigenvalue weighted by atomic mass is 35.5. The van der Waals surface area contributed by atoms with E-state index in [1.165, 1.54) is 24.3 Å². The first-order chi connectivity index (χ1) is 15.4. The first-order valence-electron chi connectivity index (χ1n) is 9.55. The molecule has 32 heavy (non-hydrogen) atoms. The second kappa shape index (κ2) is 9.54. The largest absolute Gasteiger partial charge is 0.489 e. The molecular formula is C24H16ClF2NO3S. The zero-order chi connectivity index (χ0) is 22.7. The van der Waals surface area contributed by atoms with Gasteiger partial charge in [-0.2, -0.15) is 0 Å². The number of ether oxygens (including phenoxy) is 1. The van der Waals surface area contributed by atoms with Gasteiger partial charge in [0.1, 0.15) is 24.0 Å². The molecule has 0 atom stereocenters. The van der Waals surface area contributed by atoms with Gasteiger partial charge >= 0.3 is 0 Å². The van der Waals surface area contributed by atoms with Gasteiger partial charge in [0.25, 0.3) is 11.1 Å². The third-order valence-electron chi connectivity index (χ3n) is 4.69. The van der Waals surface area contributed by atoms with Crippen LogP contribution in [-0.4, -0.2) is 16.0 Å². The van der Waals surface area contributed by atoms with E-state index in [2.05, 4.69) is 0 Å². The van der Waals surface area contributed by atoms with E-state index >= 15 is 0 Å². The number of benzene rings is 3. The third-order valence-corrected chi connectivity index (χ3v) is 5.95. The van der Waals surface area contributed by atoms with Gasteiger partial charge < -0.3 is 4.74 Å². The number of hydrogen-bond acceptors (Lipinski definition) is 4. The molecule has 0 bridgehead atoms. The highest BCUT2D eigenvalue weighted by molar-refractivity contribution is 8.18. The van der Waals surface area contributed by atoms with Crippen molar-refractivity contribution in [2.75, 3.05) is 0 Å². The molecule has 1 aliphatic rings. The van der Waals surface area contributed by atoms with Gasteiger partial charge in [-0.3, -0.25) is 14.5 Å². The molecule has 0 N–H and O–H groups in total. The Morgan fingerprint density at radius 1 is 0.969 bits per heavy atom. The molecule has 8 heteroatoms. The maximum Gasteiger partial charge on any atom is 0.293 e. The molecule has 0 aliphatic carbocycles. The molecular weight excluding hydrogens is 456 g/mol. The summed E-state index contributed by atoms with van der Waals surface area (Å²) in [7, 11) is 0. The molecule has 1 fully saturated rings. The summed E-state index contributed by atoms with van der Waals surface area (Å²) in [6.45, 7) is 0.223. The first-order valence-corrected chi connectivity index (χ1v) is 10.7. The van der Waals surface area contributed by atoms with Gasteiger partial charge in [0.2, 0.25) is 0 Å². The van der Waals surface area contributed by atoms with Crippen molar-refractivity contribution < 1.29 is 23.1 Å². The zero-order valence-corrected chi connectivity index (χ0v) is 18.1. The van der Waals surface area contributed by atoms with Gasteiger partial charge in [-0.25, -0.2) is 8.78 Å². The van der Waals surface area contributed by atoms with E-state index in [-0.39, 0.29) is 28.9 Å². The normalized spacial score (nSPS) is 15.0. The summed E-state index contributed by atoms with van der Waals surface area (Å²) >= 11 is 6.85. The molecule has 1 heterocycles. The number of thioether (sulfide) groups is 1. The average Bonchev–Trinajstić information content (AvgIpc) is 3.02. The van der Waals surface area contributed by atoms with Crippen molar-refractivity contribution >= 4 is 40.6 Å². The lowest BCUT2D eigenvalue weighted by Crippen LogP contribution is -2.27. The number of hydrogen-bond donors (Lipinski definition) is 0. The predicted octanol–water partition coefficient (Wildman–Crippen LogP) is 6.43. The summed E-state index contributed by atoms with van der Waals surface area (Å²) in [5.41, 5.74) is 1.98. The number of carbonyl (C=O) groups is 2. The molecule has 4 rings (SSSR count). The quantitative estimate of drug-likeness (QED) is 0.388. The van der Waals surface area contributed by atoms with Crippen LogP contribution in [0.3, 0.4) is 0 Å². The smallest absolute Gasteiger partial charge is 0.293 e. The number of carbonyl (C=O) groups excluding carboxylic acids is 2. The Hall–Kier alpha value is -3.16. The third kappa shape index (κ3) is 5.18. The monoisotopic (exact) mass is 471 g/mol. The molecule has 0 spiro atoms. The molecule has 0 saturated carbocycles. The van der Waals surface area contributed by atoms with E-state index < -0.39 is 17.0 Å². The summed E-state index contributed by atoms with van der Waals surface area (Å²) in [6.07, 6.45) is 1.61. The molecule has 162 valence electrons. The van der Waals surface area contributed by atoms with Gasteiger partial charge in [-0.1, -0.05) is 41.9 Å². The fourth-order valence-corrected chi connectivity index (χ4v) is 4.11. The van der Waals surface area contributed by atoms with Crippen LogP contribution in [0.15, 0.2) is 71.6 Å². The van der Waals surface area contributed by atoms with Crippen LogP contribution in [0.4, 0.5) is 13.6 Å².